The van der Waals surface area contributed by atoms with Crippen LogP contribution < -0.4 is 10.1 Å². The maximum absolute atomic E-state index is 14.3. The number of rotatable bonds is 4. The normalized spacial score (nSPS) is 12.8. The van der Waals surface area contributed by atoms with E-state index in [1.54, 1.807) is 4.68 Å². The molecule has 0 saturated carbocycles. The van der Waals surface area contributed by atoms with E-state index in [0.717, 1.165) is 36.1 Å². The molecule has 4 nitrogen and oxygen atoms in total. The minimum Gasteiger partial charge on any atom is -0.492 e. The van der Waals surface area contributed by atoms with Gasteiger partial charge < -0.3 is 10.1 Å². The fourth-order valence-corrected chi connectivity index (χ4v) is 3.16. The SMILES string of the molecule is CCOc1ccccc1-n1nc(-c2ccc(F)cc2F)c2c1NCC2. The van der Waals surface area contributed by atoms with E-state index >= 15 is 0 Å². The first-order chi connectivity index (χ1) is 12.2. The van der Waals surface area contributed by atoms with E-state index in [0.29, 0.717) is 23.6 Å². The van der Waals surface area contributed by atoms with E-state index in [2.05, 4.69) is 10.4 Å². The van der Waals surface area contributed by atoms with Crippen LogP contribution in [0.1, 0.15) is 12.5 Å². The van der Waals surface area contributed by atoms with Crippen LogP contribution in [0.2, 0.25) is 0 Å². The molecule has 0 unspecified atom stereocenters. The standard InChI is InChI=1S/C19H17F2N3O/c1-2-25-17-6-4-3-5-16(17)24-19-14(9-10-22-19)18(23-24)13-8-7-12(20)11-15(13)21/h3-8,11,22H,2,9-10H2,1H3. The zero-order valence-electron chi connectivity index (χ0n) is 13.7. The third kappa shape index (κ3) is 2.63. The molecule has 128 valence electrons. The van der Waals surface area contributed by atoms with Gasteiger partial charge in [-0.2, -0.15) is 5.10 Å². The first-order valence-electron chi connectivity index (χ1n) is 8.22. The molecular weight excluding hydrogens is 324 g/mol. The number of halogens is 2. The van der Waals surface area contributed by atoms with Gasteiger partial charge in [-0.1, -0.05) is 12.1 Å². The van der Waals surface area contributed by atoms with Gasteiger partial charge in [-0.25, -0.2) is 13.5 Å². The minimum absolute atomic E-state index is 0.300. The zero-order valence-corrected chi connectivity index (χ0v) is 13.7. The minimum atomic E-state index is -0.613. The number of anilines is 1. The van der Waals surface area contributed by atoms with Gasteiger partial charge in [-0.3, -0.25) is 0 Å². The first-order valence-corrected chi connectivity index (χ1v) is 8.22. The Balaban J connectivity index is 1.90. The predicted molar refractivity (Wildman–Crippen MR) is 92.3 cm³/mol. The summed E-state index contributed by atoms with van der Waals surface area (Å²) in [5, 5.41) is 7.92. The lowest BCUT2D eigenvalue weighted by atomic mass is 10.1. The molecule has 2 aromatic carbocycles. The number of fused-ring (bicyclic) bond motifs is 1. The monoisotopic (exact) mass is 341 g/mol. The Hall–Kier alpha value is -2.89. The molecule has 1 aliphatic heterocycles. The predicted octanol–water partition coefficient (Wildman–Crippen LogP) is 4.18. The fraction of sp³-hybridized carbons (Fsp3) is 0.211. The molecule has 1 aromatic heterocycles. The van der Waals surface area contributed by atoms with Crippen LogP contribution in [0.5, 0.6) is 5.75 Å². The molecule has 0 amide bonds. The van der Waals surface area contributed by atoms with Crippen molar-refractivity contribution >= 4 is 5.82 Å². The van der Waals surface area contributed by atoms with Gasteiger partial charge in [0.1, 0.15) is 34.6 Å². The second-order valence-electron chi connectivity index (χ2n) is 5.79. The molecule has 0 bridgehead atoms. The van der Waals surface area contributed by atoms with Crippen LogP contribution in [0, 0.1) is 11.6 Å². The van der Waals surface area contributed by atoms with Crippen molar-refractivity contribution in [1.82, 2.24) is 9.78 Å². The lowest BCUT2D eigenvalue weighted by Gasteiger charge is -2.12. The topological polar surface area (TPSA) is 39.1 Å². The summed E-state index contributed by atoms with van der Waals surface area (Å²) in [5.41, 5.74) is 2.54. The van der Waals surface area contributed by atoms with E-state index < -0.39 is 11.6 Å². The highest BCUT2D eigenvalue weighted by molar-refractivity contribution is 5.73. The number of hydrogen-bond acceptors (Lipinski definition) is 3. The van der Waals surface area contributed by atoms with Crippen molar-refractivity contribution in [3.8, 4) is 22.7 Å². The Labute approximate surface area is 144 Å². The maximum atomic E-state index is 14.3. The third-order valence-electron chi connectivity index (χ3n) is 4.23. The van der Waals surface area contributed by atoms with Crippen LogP contribution in [0.3, 0.4) is 0 Å². The molecule has 4 rings (SSSR count). The second-order valence-corrected chi connectivity index (χ2v) is 5.79. The van der Waals surface area contributed by atoms with Gasteiger partial charge in [0.25, 0.3) is 0 Å². The zero-order chi connectivity index (χ0) is 17.4. The lowest BCUT2D eigenvalue weighted by Crippen LogP contribution is -2.06. The number of benzene rings is 2. The number of para-hydroxylation sites is 2. The number of hydrogen-bond donors (Lipinski definition) is 1. The van der Waals surface area contributed by atoms with Crippen molar-refractivity contribution in [3.05, 3.63) is 59.7 Å². The number of nitrogens with zero attached hydrogens (tertiary/aromatic N) is 2. The van der Waals surface area contributed by atoms with Crippen molar-refractivity contribution in [2.45, 2.75) is 13.3 Å². The Morgan fingerprint density at radius 1 is 1.20 bits per heavy atom. The number of ether oxygens (including phenoxy) is 1. The van der Waals surface area contributed by atoms with Crippen LogP contribution in [-0.4, -0.2) is 22.9 Å². The molecule has 0 aliphatic carbocycles. The van der Waals surface area contributed by atoms with Crippen LogP contribution in [0.25, 0.3) is 16.9 Å². The van der Waals surface area contributed by atoms with Crippen LogP contribution >= 0.6 is 0 Å². The molecule has 0 fully saturated rings. The van der Waals surface area contributed by atoms with Crippen LogP contribution in [-0.2, 0) is 6.42 Å². The van der Waals surface area contributed by atoms with Crippen molar-refractivity contribution in [2.24, 2.45) is 0 Å². The highest BCUT2D eigenvalue weighted by atomic mass is 19.1. The fourth-order valence-electron chi connectivity index (χ4n) is 3.16. The Kier molecular flexibility index (Phi) is 3.87. The number of aromatic nitrogens is 2. The van der Waals surface area contributed by atoms with E-state index in [4.69, 9.17) is 4.74 Å². The molecule has 1 aliphatic rings. The Morgan fingerprint density at radius 3 is 2.84 bits per heavy atom. The first kappa shape index (κ1) is 15.6. The molecular formula is C19H17F2N3O. The molecule has 0 atom stereocenters. The summed E-state index contributed by atoms with van der Waals surface area (Å²) in [4.78, 5) is 0. The smallest absolute Gasteiger partial charge is 0.145 e. The largest absolute Gasteiger partial charge is 0.492 e. The van der Waals surface area contributed by atoms with Crippen LogP contribution in [0.15, 0.2) is 42.5 Å². The summed E-state index contributed by atoms with van der Waals surface area (Å²) >= 11 is 0. The molecule has 1 N–H and O–H groups in total. The van der Waals surface area contributed by atoms with Gasteiger partial charge in [-0.05, 0) is 37.6 Å². The molecule has 6 heteroatoms. The Morgan fingerprint density at radius 2 is 2.04 bits per heavy atom. The van der Waals surface area contributed by atoms with Crippen LogP contribution in [0.4, 0.5) is 14.6 Å². The highest BCUT2D eigenvalue weighted by Crippen LogP contribution is 2.37. The van der Waals surface area contributed by atoms with Crippen molar-refractivity contribution < 1.29 is 13.5 Å². The quantitative estimate of drug-likeness (QED) is 0.774. The summed E-state index contributed by atoms with van der Waals surface area (Å²) < 4.78 is 35.0. The Bertz CT molecular complexity index is 936. The average molecular weight is 341 g/mol. The summed E-state index contributed by atoms with van der Waals surface area (Å²) in [6.07, 6.45) is 0.734. The average Bonchev–Trinajstić information content (AvgIpc) is 3.19. The van der Waals surface area contributed by atoms with E-state index in [-0.39, 0.29) is 0 Å². The molecule has 2 heterocycles. The molecule has 3 aromatic rings. The maximum Gasteiger partial charge on any atom is 0.145 e. The van der Waals surface area contributed by atoms with E-state index in [1.807, 2.05) is 31.2 Å². The van der Waals surface area contributed by atoms with Gasteiger partial charge in [0.15, 0.2) is 0 Å². The van der Waals surface area contributed by atoms with Gasteiger partial charge in [-0.15, -0.1) is 0 Å². The van der Waals surface area contributed by atoms with Crippen molar-refractivity contribution in [3.63, 3.8) is 0 Å². The van der Waals surface area contributed by atoms with Gasteiger partial charge >= 0.3 is 0 Å². The van der Waals surface area contributed by atoms with Gasteiger partial charge in [0.2, 0.25) is 0 Å². The summed E-state index contributed by atoms with van der Waals surface area (Å²) in [6.45, 7) is 3.20. The summed E-state index contributed by atoms with van der Waals surface area (Å²) in [5.74, 6) is 0.315. The van der Waals surface area contributed by atoms with Gasteiger partial charge in [0, 0.05) is 23.7 Å². The highest BCUT2D eigenvalue weighted by Gasteiger charge is 2.26. The summed E-state index contributed by atoms with van der Waals surface area (Å²) in [6, 6.07) is 11.1. The molecule has 0 spiro atoms. The summed E-state index contributed by atoms with van der Waals surface area (Å²) in [7, 11) is 0. The lowest BCUT2D eigenvalue weighted by molar-refractivity contribution is 0.338. The third-order valence-corrected chi connectivity index (χ3v) is 4.23. The van der Waals surface area contributed by atoms with E-state index in [1.165, 1.54) is 12.1 Å². The molecule has 25 heavy (non-hydrogen) atoms. The number of nitrogens with one attached hydrogen (secondary N) is 1. The van der Waals surface area contributed by atoms with Gasteiger partial charge in [0.05, 0.1) is 6.61 Å². The second kappa shape index (κ2) is 6.20. The molecule has 0 saturated heterocycles. The van der Waals surface area contributed by atoms with E-state index in [9.17, 15) is 8.78 Å². The van der Waals surface area contributed by atoms with Crippen molar-refractivity contribution in [1.29, 1.82) is 0 Å². The van der Waals surface area contributed by atoms with Crippen molar-refractivity contribution in [2.75, 3.05) is 18.5 Å². The molecule has 0 radical (unpaired) electrons.